The largest absolute Gasteiger partial charge is 0.427 e. The monoisotopic (exact) mass is 190 g/mol. The molecule has 0 radical (unpaired) electrons. The first-order valence-corrected chi connectivity index (χ1v) is 10.1. The molecule has 1 rings (SSSR count). The Morgan fingerprint density at radius 2 is 2.45 bits per heavy atom. The molecule has 2 unspecified atom stereocenters. The first-order valence-electron chi connectivity index (χ1n) is 4.45. The molecular weight excluding hydrogens is 172 g/mol. The molecule has 1 aliphatic heterocycles. The molecule has 0 spiro atoms. The van der Waals surface area contributed by atoms with E-state index >= 15 is 0 Å². The van der Waals surface area contributed by atoms with Crippen molar-refractivity contribution in [2.45, 2.75) is 38.1 Å². The number of hydrogen-bond acceptors (Lipinski definition) is 2. The summed E-state index contributed by atoms with van der Waals surface area (Å²) in [5.41, 5.74) is 0.00877. The topological polar surface area (TPSA) is 29.5 Å². The van der Waals surface area contributed by atoms with Gasteiger partial charge < -0.3 is 9.53 Å². The lowest BCUT2D eigenvalue weighted by atomic mass is 10.5. The fourth-order valence-corrected chi connectivity index (χ4v) is 9.59. The third kappa shape index (κ3) is 2.14. The quantitative estimate of drug-likeness (QED) is 0.638. The molecule has 1 heterocycles. The van der Waals surface area contributed by atoms with Crippen LogP contribution < -0.4 is 0 Å². The van der Waals surface area contributed by atoms with Crippen LogP contribution >= 0.6 is 0 Å². The lowest BCUT2D eigenvalue weighted by Gasteiger charge is -2.34. The molecular formula is C7H18O2Si2. The highest BCUT2D eigenvalue weighted by atomic mass is 29.2. The van der Waals surface area contributed by atoms with Gasteiger partial charge in [0, 0.05) is 12.3 Å². The van der Waals surface area contributed by atoms with E-state index in [1.807, 2.05) is 0 Å². The summed E-state index contributed by atoms with van der Waals surface area (Å²) in [5.74, 6) is 0. The van der Waals surface area contributed by atoms with E-state index in [4.69, 9.17) is 4.43 Å². The number of aliphatic hydroxyl groups is 1. The lowest BCUT2D eigenvalue weighted by Crippen LogP contribution is -2.53. The Bertz CT molecular complexity index is 124. The minimum atomic E-state index is -1.27. The van der Waals surface area contributed by atoms with E-state index in [2.05, 4.69) is 13.5 Å². The van der Waals surface area contributed by atoms with Crippen molar-refractivity contribution in [3.05, 3.63) is 0 Å². The van der Waals surface area contributed by atoms with Crippen molar-refractivity contribution in [1.82, 2.24) is 0 Å². The Kier molecular flexibility index (Phi) is 3.30. The van der Waals surface area contributed by atoms with Crippen LogP contribution in [0, 0.1) is 0 Å². The molecule has 0 aliphatic carbocycles. The van der Waals surface area contributed by atoms with Gasteiger partial charge in [-0.05, 0) is 12.8 Å². The lowest BCUT2D eigenvalue weighted by molar-refractivity contribution is 0.234. The molecule has 0 amide bonds. The van der Waals surface area contributed by atoms with Crippen molar-refractivity contribution < 1.29 is 9.53 Å². The predicted octanol–water partition coefficient (Wildman–Crippen LogP) is 0.376. The smallest absolute Gasteiger partial charge is 0.153 e. The van der Waals surface area contributed by atoms with E-state index in [1.54, 1.807) is 0 Å². The maximum Gasteiger partial charge on any atom is 0.153 e. The summed E-state index contributed by atoms with van der Waals surface area (Å²) in [7, 11) is -1.61. The van der Waals surface area contributed by atoms with Crippen molar-refractivity contribution in [3.63, 3.8) is 0 Å². The Balaban J connectivity index is 2.49. The number of rotatable bonds is 2. The summed E-state index contributed by atoms with van der Waals surface area (Å²) in [4.78, 5) is 0. The highest BCUT2D eigenvalue weighted by Gasteiger charge is 2.37. The fraction of sp³-hybridized carbons (Fsp3) is 1.00. The molecule has 2 atom stereocenters. The summed E-state index contributed by atoms with van der Waals surface area (Å²) in [6.07, 6.45) is 2.12. The zero-order valence-electron chi connectivity index (χ0n) is 7.47. The van der Waals surface area contributed by atoms with Crippen LogP contribution in [0.25, 0.3) is 0 Å². The molecule has 11 heavy (non-hydrogen) atoms. The van der Waals surface area contributed by atoms with Crippen molar-refractivity contribution in [1.29, 1.82) is 0 Å². The van der Waals surface area contributed by atoms with Gasteiger partial charge in [-0.25, -0.2) is 0 Å². The Hall–Kier alpha value is 0.354. The normalized spacial score (nSPS) is 37.4. The van der Waals surface area contributed by atoms with Crippen molar-refractivity contribution in [2.75, 3.05) is 6.61 Å². The van der Waals surface area contributed by atoms with E-state index < -0.39 is 7.59 Å². The summed E-state index contributed by atoms with van der Waals surface area (Å²) < 4.78 is 5.55. The molecule has 0 aromatic heterocycles. The van der Waals surface area contributed by atoms with Gasteiger partial charge in [-0.3, -0.25) is 0 Å². The summed E-state index contributed by atoms with van der Waals surface area (Å²) >= 11 is 0. The number of hydrogen-bond donors (Lipinski definition) is 1. The third-order valence-electron chi connectivity index (χ3n) is 2.66. The minimum absolute atomic E-state index is 0.00877. The second-order valence-corrected chi connectivity index (χ2v) is 14.6. The molecule has 0 aromatic carbocycles. The van der Waals surface area contributed by atoms with Gasteiger partial charge in [0.05, 0.1) is 0 Å². The zero-order chi connectivity index (χ0) is 8.32. The molecule has 1 aliphatic rings. The first kappa shape index (κ1) is 9.44. The highest BCUT2D eigenvalue weighted by Crippen LogP contribution is 2.21. The van der Waals surface area contributed by atoms with Crippen molar-refractivity contribution in [2.24, 2.45) is 0 Å². The van der Waals surface area contributed by atoms with Crippen LogP contribution in [-0.4, -0.2) is 34.3 Å². The third-order valence-corrected chi connectivity index (χ3v) is 12.4. The molecule has 2 nitrogen and oxygen atoms in total. The van der Waals surface area contributed by atoms with Gasteiger partial charge in [0.15, 0.2) is 9.28 Å². The van der Waals surface area contributed by atoms with Crippen LogP contribution in [0.4, 0.5) is 0 Å². The van der Waals surface area contributed by atoms with Gasteiger partial charge in [-0.15, -0.1) is 0 Å². The minimum Gasteiger partial charge on any atom is -0.427 e. The maximum atomic E-state index is 9.76. The summed E-state index contributed by atoms with van der Waals surface area (Å²) in [5, 5.41) is 9.76. The van der Waals surface area contributed by atoms with Gasteiger partial charge in [0.1, 0.15) is 7.59 Å². The summed E-state index contributed by atoms with van der Waals surface area (Å²) in [6.45, 7) is 5.35. The molecule has 1 fully saturated rings. The number of aliphatic hydroxyl groups excluding tert-OH is 1. The SMILES string of the molecule is CCC(O)[Si]1(C)CCCO[SiH2]1. The highest BCUT2D eigenvalue weighted by molar-refractivity contribution is 7.22. The molecule has 1 N–H and O–H groups in total. The second kappa shape index (κ2) is 3.84. The van der Waals surface area contributed by atoms with E-state index in [0.29, 0.717) is 0 Å². The van der Waals surface area contributed by atoms with Crippen LogP contribution in [-0.2, 0) is 4.43 Å². The predicted molar refractivity (Wildman–Crippen MR) is 51.8 cm³/mol. The molecule has 1 saturated heterocycles. The molecule has 0 bridgehead atoms. The van der Waals surface area contributed by atoms with Crippen molar-refractivity contribution in [3.8, 4) is 0 Å². The molecule has 0 saturated carbocycles. The average Bonchev–Trinajstić information content (AvgIpc) is 2.04. The average molecular weight is 190 g/mol. The molecule has 66 valence electrons. The van der Waals surface area contributed by atoms with Crippen LogP contribution in [0.3, 0.4) is 0 Å². The standard InChI is InChI=1S/C7H18O2Si2/c1-3-7(8)11(2)6-4-5-9-10-11/h7-8H,3-6,10H2,1-2H3. The van der Waals surface area contributed by atoms with Crippen LogP contribution in [0.5, 0.6) is 0 Å². The molecule has 0 aromatic rings. The Morgan fingerprint density at radius 3 is 2.91 bits per heavy atom. The van der Waals surface area contributed by atoms with E-state index in [-0.39, 0.29) is 15.0 Å². The van der Waals surface area contributed by atoms with E-state index in [0.717, 1.165) is 13.0 Å². The van der Waals surface area contributed by atoms with Gasteiger partial charge in [-0.2, -0.15) is 0 Å². The van der Waals surface area contributed by atoms with Crippen LogP contribution in [0.2, 0.25) is 12.6 Å². The van der Waals surface area contributed by atoms with Gasteiger partial charge in [-0.1, -0.05) is 19.5 Å². The fourth-order valence-electron chi connectivity index (χ4n) is 1.71. The maximum absolute atomic E-state index is 9.76. The van der Waals surface area contributed by atoms with Gasteiger partial charge >= 0.3 is 0 Å². The Morgan fingerprint density at radius 1 is 1.73 bits per heavy atom. The van der Waals surface area contributed by atoms with E-state index in [1.165, 1.54) is 12.5 Å². The van der Waals surface area contributed by atoms with Gasteiger partial charge in [0.25, 0.3) is 0 Å². The first-order chi connectivity index (χ1) is 5.19. The van der Waals surface area contributed by atoms with Crippen molar-refractivity contribution >= 4 is 16.9 Å². The zero-order valence-corrected chi connectivity index (χ0v) is 9.88. The van der Waals surface area contributed by atoms with Crippen LogP contribution in [0.15, 0.2) is 0 Å². The second-order valence-electron chi connectivity index (χ2n) is 3.73. The Labute approximate surface area is 71.7 Å². The molecule has 4 heteroatoms. The van der Waals surface area contributed by atoms with Gasteiger partial charge in [0.2, 0.25) is 0 Å². The van der Waals surface area contributed by atoms with E-state index in [9.17, 15) is 5.11 Å². The van der Waals surface area contributed by atoms with Crippen LogP contribution in [0.1, 0.15) is 19.8 Å². The summed E-state index contributed by atoms with van der Waals surface area (Å²) in [6, 6.07) is 1.30.